The second-order valence-corrected chi connectivity index (χ2v) is 7.43. The van der Waals surface area contributed by atoms with Crippen LogP contribution in [-0.2, 0) is 29.2 Å². The molecular weight excluding hydrogens is 324 g/mol. The van der Waals surface area contributed by atoms with Crippen LogP contribution in [0.3, 0.4) is 0 Å². The smallest absolute Gasteiger partial charge is 0.182 e. The minimum Gasteiger partial charge on any atom is -0.377 e. The van der Waals surface area contributed by atoms with E-state index in [1.165, 1.54) is 0 Å². The maximum Gasteiger partial charge on any atom is 0.182 e. The van der Waals surface area contributed by atoms with E-state index in [0.717, 1.165) is 17.1 Å². The highest BCUT2D eigenvalue weighted by atomic mass is 32.2. The van der Waals surface area contributed by atoms with Crippen LogP contribution in [0.25, 0.3) is 0 Å². The summed E-state index contributed by atoms with van der Waals surface area (Å²) < 4.78 is 27.0. The zero-order chi connectivity index (χ0) is 17.0. The van der Waals surface area contributed by atoms with E-state index in [1.807, 2.05) is 35.9 Å². The summed E-state index contributed by atoms with van der Waals surface area (Å²) in [6.07, 6.45) is 1.63. The molecule has 0 aliphatic carbocycles. The van der Waals surface area contributed by atoms with Gasteiger partial charge in [0.2, 0.25) is 0 Å². The number of anilines is 1. The van der Waals surface area contributed by atoms with E-state index in [2.05, 4.69) is 15.5 Å². The lowest BCUT2D eigenvalue weighted by Gasteiger charge is -2.12. The van der Waals surface area contributed by atoms with Crippen molar-refractivity contribution in [2.24, 2.45) is 7.05 Å². The van der Waals surface area contributed by atoms with E-state index in [9.17, 15) is 8.42 Å². The number of rotatable bonds is 6. The largest absolute Gasteiger partial charge is 0.377 e. The van der Waals surface area contributed by atoms with Gasteiger partial charge in [-0.1, -0.05) is 36.4 Å². The number of para-hydroxylation sites is 1. The molecule has 0 bridgehead atoms. The van der Waals surface area contributed by atoms with Crippen LogP contribution < -0.4 is 5.32 Å². The second kappa shape index (κ2) is 6.84. The van der Waals surface area contributed by atoms with Gasteiger partial charge in [-0.25, -0.2) is 8.42 Å². The van der Waals surface area contributed by atoms with Gasteiger partial charge < -0.3 is 9.88 Å². The Hall–Kier alpha value is -2.67. The first kappa shape index (κ1) is 16.2. The van der Waals surface area contributed by atoms with E-state index in [1.54, 1.807) is 36.7 Å². The Bertz CT molecular complexity index is 921. The van der Waals surface area contributed by atoms with Crippen LogP contribution in [-0.4, -0.2) is 23.2 Å². The Labute approximate surface area is 141 Å². The lowest BCUT2D eigenvalue weighted by atomic mass is 10.2. The molecule has 0 aliphatic rings. The Kier molecular flexibility index (Phi) is 4.61. The van der Waals surface area contributed by atoms with Crippen molar-refractivity contribution in [3.05, 3.63) is 72.3 Å². The van der Waals surface area contributed by atoms with Crippen molar-refractivity contribution >= 4 is 15.5 Å². The van der Waals surface area contributed by atoms with Crippen molar-refractivity contribution in [3.8, 4) is 0 Å². The number of nitrogens with one attached hydrogen (secondary N) is 1. The van der Waals surface area contributed by atoms with E-state index < -0.39 is 9.84 Å². The summed E-state index contributed by atoms with van der Waals surface area (Å²) in [4.78, 5) is 0.327. The van der Waals surface area contributed by atoms with E-state index >= 15 is 0 Å². The van der Waals surface area contributed by atoms with Gasteiger partial charge in [-0.15, -0.1) is 10.2 Å². The number of hydrogen-bond acceptors (Lipinski definition) is 5. The molecule has 6 nitrogen and oxygen atoms in total. The quantitative estimate of drug-likeness (QED) is 0.744. The van der Waals surface area contributed by atoms with Gasteiger partial charge in [0.15, 0.2) is 15.7 Å². The predicted molar refractivity (Wildman–Crippen MR) is 92.1 cm³/mol. The standard InChI is InChI=1S/C17H18N4O2S/c1-21-13-19-20-17(21)11-18-16-10-6-5-7-14(16)12-24(22,23)15-8-3-2-4-9-15/h2-10,13,18H,11-12H2,1H3. The van der Waals surface area contributed by atoms with Crippen LogP contribution in [0.2, 0.25) is 0 Å². The van der Waals surface area contributed by atoms with Crippen molar-refractivity contribution in [3.63, 3.8) is 0 Å². The third kappa shape index (κ3) is 3.62. The van der Waals surface area contributed by atoms with Gasteiger partial charge in [0.25, 0.3) is 0 Å². The van der Waals surface area contributed by atoms with Crippen molar-refractivity contribution in [2.45, 2.75) is 17.2 Å². The highest BCUT2D eigenvalue weighted by molar-refractivity contribution is 7.90. The fourth-order valence-corrected chi connectivity index (χ4v) is 3.78. The molecular formula is C17H18N4O2S. The molecule has 0 unspecified atom stereocenters. The average Bonchev–Trinajstić information content (AvgIpc) is 3.00. The molecule has 1 N–H and O–H groups in total. The number of sulfone groups is 1. The highest BCUT2D eigenvalue weighted by Gasteiger charge is 2.17. The summed E-state index contributed by atoms with van der Waals surface area (Å²) in [6.45, 7) is 0.471. The fraction of sp³-hybridized carbons (Fsp3) is 0.176. The Morgan fingerprint density at radius 2 is 1.75 bits per heavy atom. The molecule has 3 aromatic rings. The second-order valence-electron chi connectivity index (χ2n) is 5.44. The molecule has 0 fully saturated rings. The van der Waals surface area contributed by atoms with E-state index in [0.29, 0.717) is 11.4 Å². The normalized spacial score (nSPS) is 11.4. The molecule has 124 valence electrons. The third-order valence-corrected chi connectivity index (χ3v) is 5.39. The van der Waals surface area contributed by atoms with Crippen molar-refractivity contribution in [1.82, 2.24) is 14.8 Å². The first-order chi connectivity index (χ1) is 11.6. The SMILES string of the molecule is Cn1cnnc1CNc1ccccc1CS(=O)(=O)c1ccccc1. The average molecular weight is 342 g/mol. The van der Waals surface area contributed by atoms with Gasteiger partial charge in [-0.3, -0.25) is 0 Å². The maximum atomic E-state index is 12.6. The van der Waals surface area contributed by atoms with Crippen LogP contribution in [0.4, 0.5) is 5.69 Å². The molecule has 0 spiro atoms. The third-order valence-electron chi connectivity index (χ3n) is 3.71. The molecule has 3 rings (SSSR count). The number of hydrogen-bond donors (Lipinski definition) is 1. The highest BCUT2D eigenvalue weighted by Crippen LogP contribution is 2.22. The lowest BCUT2D eigenvalue weighted by Crippen LogP contribution is -2.10. The first-order valence-electron chi connectivity index (χ1n) is 7.49. The monoisotopic (exact) mass is 342 g/mol. The molecule has 0 radical (unpaired) electrons. The van der Waals surface area contributed by atoms with E-state index in [4.69, 9.17) is 0 Å². The number of aromatic nitrogens is 3. The van der Waals surface area contributed by atoms with Gasteiger partial charge in [0.05, 0.1) is 17.2 Å². The zero-order valence-electron chi connectivity index (χ0n) is 13.3. The Morgan fingerprint density at radius 1 is 1.04 bits per heavy atom. The zero-order valence-corrected chi connectivity index (χ0v) is 14.1. The Morgan fingerprint density at radius 3 is 2.46 bits per heavy atom. The fourth-order valence-electron chi connectivity index (χ4n) is 2.38. The topological polar surface area (TPSA) is 76.9 Å². The van der Waals surface area contributed by atoms with Crippen LogP contribution >= 0.6 is 0 Å². The maximum absolute atomic E-state index is 12.6. The minimum absolute atomic E-state index is 0.0565. The van der Waals surface area contributed by atoms with Crippen LogP contribution in [0.15, 0.2) is 65.8 Å². The molecule has 0 aliphatic heterocycles. The molecule has 0 saturated heterocycles. The molecule has 24 heavy (non-hydrogen) atoms. The summed E-state index contributed by atoms with van der Waals surface area (Å²) in [7, 11) is -1.53. The van der Waals surface area contributed by atoms with Crippen molar-refractivity contribution < 1.29 is 8.42 Å². The lowest BCUT2D eigenvalue weighted by molar-refractivity contribution is 0.595. The summed E-state index contributed by atoms with van der Waals surface area (Å²) in [5, 5.41) is 11.1. The molecule has 1 heterocycles. The summed E-state index contributed by atoms with van der Waals surface area (Å²) in [5.74, 6) is 0.717. The van der Waals surface area contributed by atoms with Gasteiger partial charge in [-0.05, 0) is 23.8 Å². The van der Waals surface area contributed by atoms with Gasteiger partial charge in [0.1, 0.15) is 6.33 Å². The first-order valence-corrected chi connectivity index (χ1v) is 9.14. The number of nitrogens with zero attached hydrogens (tertiary/aromatic N) is 3. The van der Waals surface area contributed by atoms with Crippen LogP contribution in [0, 0.1) is 0 Å². The van der Waals surface area contributed by atoms with Crippen molar-refractivity contribution in [1.29, 1.82) is 0 Å². The summed E-state index contributed by atoms with van der Waals surface area (Å²) in [6, 6.07) is 15.9. The van der Waals surface area contributed by atoms with Crippen molar-refractivity contribution in [2.75, 3.05) is 5.32 Å². The molecule has 0 atom stereocenters. The van der Waals surface area contributed by atoms with Gasteiger partial charge in [0, 0.05) is 12.7 Å². The molecule has 1 aromatic heterocycles. The Balaban J connectivity index is 1.81. The summed E-state index contributed by atoms with van der Waals surface area (Å²) in [5.41, 5.74) is 1.50. The van der Waals surface area contributed by atoms with Gasteiger partial charge in [-0.2, -0.15) is 0 Å². The minimum atomic E-state index is -3.39. The predicted octanol–water partition coefficient (Wildman–Crippen LogP) is 2.40. The van der Waals surface area contributed by atoms with Gasteiger partial charge >= 0.3 is 0 Å². The summed E-state index contributed by atoms with van der Waals surface area (Å²) >= 11 is 0. The van der Waals surface area contributed by atoms with E-state index in [-0.39, 0.29) is 5.75 Å². The molecule has 2 aromatic carbocycles. The number of benzene rings is 2. The van der Waals surface area contributed by atoms with Crippen LogP contribution in [0.5, 0.6) is 0 Å². The number of aryl methyl sites for hydroxylation is 1. The molecule has 0 saturated carbocycles. The molecule has 7 heteroatoms. The van der Waals surface area contributed by atoms with Crippen LogP contribution in [0.1, 0.15) is 11.4 Å². The molecule has 0 amide bonds.